The van der Waals surface area contributed by atoms with E-state index in [9.17, 15) is 14.4 Å². The Kier molecular flexibility index (Phi) is 4.48. The second-order valence-corrected chi connectivity index (χ2v) is 5.81. The number of carbonyl (C=O) groups excluding carboxylic acids is 3. The molecular weight excluding hydrogens is 318 g/mol. The van der Waals surface area contributed by atoms with Crippen LogP contribution in [0.2, 0.25) is 0 Å². The van der Waals surface area contributed by atoms with E-state index in [2.05, 4.69) is 11.9 Å². The maximum atomic E-state index is 12.6. The van der Waals surface area contributed by atoms with Crippen molar-refractivity contribution < 1.29 is 19.1 Å². The molecule has 2 aromatic rings. The normalized spacial score (nSPS) is 12.2. The summed E-state index contributed by atoms with van der Waals surface area (Å²) in [6.45, 7) is 5.66. The van der Waals surface area contributed by atoms with Crippen molar-refractivity contribution in [3.8, 4) is 0 Å². The van der Waals surface area contributed by atoms with Gasteiger partial charge in [0.1, 0.15) is 6.61 Å². The maximum absolute atomic E-state index is 12.6. The zero-order chi connectivity index (χ0) is 18.0. The third-order valence-electron chi connectivity index (χ3n) is 3.94. The van der Waals surface area contributed by atoms with Gasteiger partial charge in [0.05, 0.1) is 0 Å². The van der Waals surface area contributed by atoms with Crippen LogP contribution in [0.1, 0.15) is 38.8 Å². The van der Waals surface area contributed by atoms with E-state index in [-0.39, 0.29) is 18.2 Å². The van der Waals surface area contributed by atoms with Crippen molar-refractivity contribution in [3.63, 3.8) is 0 Å². The first-order valence-corrected chi connectivity index (χ1v) is 7.88. The molecule has 0 atom stereocenters. The molecule has 0 fully saturated rings. The lowest BCUT2D eigenvalue weighted by molar-refractivity contribution is -0.138. The van der Waals surface area contributed by atoms with Crippen LogP contribution in [0.5, 0.6) is 0 Å². The van der Waals surface area contributed by atoms with Gasteiger partial charge in [-0.3, -0.25) is 9.59 Å². The molecule has 0 bridgehead atoms. The van der Waals surface area contributed by atoms with Crippen molar-refractivity contribution in [3.05, 3.63) is 76.9 Å². The minimum Gasteiger partial charge on any atom is -0.460 e. The lowest BCUT2D eigenvalue weighted by Crippen LogP contribution is -2.21. The Balaban J connectivity index is 1.74. The minimum absolute atomic E-state index is 0.146. The molecule has 2 aromatic carbocycles. The number of rotatable bonds is 5. The Labute approximate surface area is 145 Å². The summed E-state index contributed by atoms with van der Waals surface area (Å²) in [7, 11) is 0. The van der Waals surface area contributed by atoms with E-state index in [1.54, 1.807) is 49.4 Å². The SMILES string of the molecule is C=C(C)C(=O)OCCNc1ccc2c(c1)C(=O)c1ccccc1C2=O. The smallest absolute Gasteiger partial charge is 0.333 e. The summed E-state index contributed by atoms with van der Waals surface area (Å²) in [6.07, 6.45) is 0. The highest BCUT2D eigenvalue weighted by atomic mass is 16.5. The predicted molar refractivity (Wildman–Crippen MR) is 94.0 cm³/mol. The number of hydrogen-bond acceptors (Lipinski definition) is 5. The zero-order valence-electron chi connectivity index (χ0n) is 13.8. The Bertz CT molecular complexity index is 898. The van der Waals surface area contributed by atoms with Crippen molar-refractivity contribution in [2.75, 3.05) is 18.5 Å². The predicted octanol–water partition coefficient (Wildman–Crippen LogP) is 2.99. The molecule has 0 saturated carbocycles. The Morgan fingerprint density at radius 2 is 1.60 bits per heavy atom. The lowest BCUT2D eigenvalue weighted by atomic mass is 9.84. The summed E-state index contributed by atoms with van der Waals surface area (Å²) in [5.74, 6) is -0.751. The molecule has 0 amide bonds. The Morgan fingerprint density at radius 3 is 2.24 bits per heavy atom. The number of carbonyl (C=O) groups is 3. The number of hydrogen-bond donors (Lipinski definition) is 1. The van der Waals surface area contributed by atoms with Crippen molar-refractivity contribution in [1.29, 1.82) is 0 Å². The molecule has 5 nitrogen and oxygen atoms in total. The molecule has 0 spiro atoms. The van der Waals surface area contributed by atoms with Crippen molar-refractivity contribution in [2.45, 2.75) is 6.92 Å². The van der Waals surface area contributed by atoms with E-state index < -0.39 is 5.97 Å². The molecule has 5 heteroatoms. The van der Waals surface area contributed by atoms with Crippen LogP contribution < -0.4 is 5.32 Å². The van der Waals surface area contributed by atoms with Gasteiger partial charge in [0.25, 0.3) is 0 Å². The Hall–Kier alpha value is -3.21. The number of nitrogens with one attached hydrogen (secondary N) is 1. The summed E-state index contributed by atoms with van der Waals surface area (Å²) in [5.41, 5.74) is 2.68. The van der Waals surface area contributed by atoms with E-state index in [0.717, 1.165) is 0 Å². The highest BCUT2D eigenvalue weighted by Gasteiger charge is 2.29. The van der Waals surface area contributed by atoms with Gasteiger partial charge >= 0.3 is 5.97 Å². The number of esters is 1. The summed E-state index contributed by atoms with van der Waals surface area (Å²) in [4.78, 5) is 36.5. The third kappa shape index (κ3) is 3.21. The fourth-order valence-electron chi connectivity index (χ4n) is 2.67. The molecule has 1 N–H and O–H groups in total. The van der Waals surface area contributed by atoms with Gasteiger partial charge in [0.2, 0.25) is 0 Å². The van der Waals surface area contributed by atoms with E-state index in [1.165, 1.54) is 0 Å². The summed E-state index contributed by atoms with van der Waals surface area (Å²) >= 11 is 0. The van der Waals surface area contributed by atoms with E-state index in [1.807, 2.05) is 0 Å². The summed E-state index contributed by atoms with van der Waals surface area (Å²) in [6, 6.07) is 11.9. The molecule has 25 heavy (non-hydrogen) atoms. The average molecular weight is 335 g/mol. The molecule has 1 aliphatic carbocycles. The van der Waals surface area contributed by atoms with E-state index in [4.69, 9.17) is 4.74 Å². The molecule has 0 aromatic heterocycles. The highest BCUT2D eigenvalue weighted by molar-refractivity contribution is 6.28. The quantitative estimate of drug-likeness (QED) is 0.441. The zero-order valence-corrected chi connectivity index (χ0v) is 13.8. The topological polar surface area (TPSA) is 72.5 Å². The molecule has 0 unspecified atom stereocenters. The van der Waals surface area contributed by atoms with E-state index >= 15 is 0 Å². The average Bonchev–Trinajstić information content (AvgIpc) is 2.63. The van der Waals surface area contributed by atoms with Crippen LogP contribution in [0.3, 0.4) is 0 Å². The van der Waals surface area contributed by atoms with Crippen LogP contribution in [0.15, 0.2) is 54.6 Å². The number of fused-ring (bicyclic) bond motifs is 2. The molecule has 0 heterocycles. The first-order valence-electron chi connectivity index (χ1n) is 7.88. The largest absolute Gasteiger partial charge is 0.460 e. The van der Waals surface area contributed by atoms with Crippen molar-refractivity contribution in [2.24, 2.45) is 0 Å². The monoisotopic (exact) mass is 335 g/mol. The van der Waals surface area contributed by atoms with Gasteiger partial charge in [-0.2, -0.15) is 0 Å². The van der Waals surface area contributed by atoms with Gasteiger partial charge in [0.15, 0.2) is 11.6 Å². The fourth-order valence-corrected chi connectivity index (χ4v) is 2.67. The summed E-state index contributed by atoms with van der Waals surface area (Å²) in [5, 5.41) is 3.08. The second-order valence-electron chi connectivity index (χ2n) is 5.81. The maximum Gasteiger partial charge on any atom is 0.333 e. The fraction of sp³-hybridized carbons (Fsp3) is 0.150. The highest BCUT2D eigenvalue weighted by Crippen LogP contribution is 2.28. The van der Waals surface area contributed by atoms with Crippen LogP contribution in [-0.4, -0.2) is 30.7 Å². The lowest BCUT2D eigenvalue weighted by Gasteiger charge is -2.18. The molecule has 0 saturated heterocycles. The second kappa shape index (κ2) is 6.73. The standard InChI is InChI=1S/C20H17NO4/c1-12(2)20(24)25-10-9-21-13-7-8-16-17(11-13)19(23)15-6-4-3-5-14(15)18(16)22/h3-8,11,21H,1,9-10H2,2H3. The van der Waals surface area contributed by atoms with Gasteiger partial charge in [-0.15, -0.1) is 0 Å². The van der Waals surface area contributed by atoms with Crippen molar-refractivity contribution >= 4 is 23.2 Å². The third-order valence-corrected chi connectivity index (χ3v) is 3.94. The van der Waals surface area contributed by atoms with E-state index in [0.29, 0.717) is 40.1 Å². The Morgan fingerprint density at radius 1 is 1.00 bits per heavy atom. The molecule has 0 aliphatic heterocycles. The van der Waals surface area contributed by atoms with Crippen LogP contribution in [-0.2, 0) is 9.53 Å². The van der Waals surface area contributed by atoms with Gasteiger partial charge in [0, 0.05) is 40.1 Å². The summed E-state index contributed by atoms with van der Waals surface area (Å²) < 4.78 is 5.00. The van der Waals surface area contributed by atoms with Crippen LogP contribution in [0.4, 0.5) is 5.69 Å². The molecular formula is C20H17NO4. The van der Waals surface area contributed by atoms with Gasteiger partial charge < -0.3 is 10.1 Å². The van der Waals surface area contributed by atoms with Gasteiger partial charge in [-0.25, -0.2) is 4.79 Å². The van der Waals surface area contributed by atoms with Crippen LogP contribution in [0, 0.1) is 0 Å². The molecule has 126 valence electrons. The first kappa shape index (κ1) is 16.6. The van der Waals surface area contributed by atoms with Crippen LogP contribution in [0.25, 0.3) is 0 Å². The number of anilines is 1. The number of benzene rings is 2. The molecule has 1 aliphatic rings. The van der Waals surface area contributed by atoms with Crippen LogP contribution >= 0.6 is 0 Å². The van der Waals surface area contributed by atoms with Crippen molar-refractivity contribution in [1.82, 2.24) is 0 Å². The minimum atomic E-state index is -0.440. The number of ketones is 2. The van der Waals surface area contributed by atoms with Gasteiger partial charge in [-0.1, -0.05) is 30.8 Å². The number of ether oxygens (including phenoxy) is 1. The first-order chi connectivity index (χ1) is 12.0. The molecule has 0 radical (unpaired) electrons. The van der Waals surface area contributed by atoms with Gasteiger partial charge in [-0.05, 0) is 25.1 Å². The molecule has 3 rings (SSSR count).